The minimum absolute atomic E-state index is 0.215. The first-order valence-electron chi connectivity index (χ1n) is 5.53. The standard InChI is InChI=1S/C11H14N2O3/c1-16-3-2-5-6-4-7-9(8(5)6)12-13-10(7)11(14)15/h5-6,8H,2-4H2,1H3,(H,12,13)(H,14,15)/t5-,6-,8+/m0/s1. The largest absolute Gasteiger partial charge is 0.476 e. The van der Waals surface area contributed by atoms with Crippen molar-refractivity contribution in [3.63, 3.8) is 0 Å². The lowest BCUT2D eigenvalue weighted by Crippen LogP contribution is -2.03. The van der Waals surface area contributed by atoms with Gasteiger partial charge in [-0.25, -0.2) is 4.79 Å². The van der Waals surface area contributed by atoms with E-state index in [4.69, 9.17) is 9.84 Å². The Kier molecular flexibility index (Phi) is 2.04. The van der Waals surface area contributed by atoms with Gasteiger partial charge in [-0.2, -0.15) is 5.10 Å². The average Bonchev–Trinajstić information content (AvgIpc) is 2.60. The Balaban J connectivity index is 1.78. The normalized spacial score (nSPS) is 29.9. The van der Waals surface area contributed by atoms with Gasteiger partial charge in [0.25, 0.3) is 0 Å². The number of aromatic nitrogens is 2. The van der Waals surface area contributed by atoms with Crippen LogP contribution in [0, 0.1) is 11.8 Å². The predicted octanol–water partition coefficient (Wildman–Crippen LogP) is 1.03. The summed E-state index contributed by atoms with van der Waals surface area (Å²) >= 11 is 0. The molecule has 1 aromatic heterocycles. The van der Waals surface area contributed by atoms with Crippen molar-refractivity contribution in [2.24, 2.45) is 11.8 Å². The molecule has 3 atom stereocenters. The molecule has 2 aliphatic rings. The number of fused-ring (bicyclic) bond motifs is 3. The number of hydrogen-bond acceptors (Lipinski definition) is 3. The molecule has 1 aromatic rings. The number of nitrogens with one attached hydrogen (secondary N) is 1. The Hall–Kier alpha value is -1.36. The number of aromatic carboxylic acids is 1. The fourth-order valence-corrected chi connectivity index (χ4v) is 3.07. The third-order valence-electron chi connectivity index (χ3n) is 3.86. The Bertz CT molecular complexity index is 440. The van der Waals surface area contributed by atoms with E-state index in [-0.39, 0.29) is 5.69 Å². The maximum Gasteiger partial charge on any atom is 0.356 e. The Morgan fingerprint density at radius 2 is 2.50 bits per heavy atom. The molecule has 0 aliphatic heterocycles. The number of rotatable bonds is 4. The molecule has 1 saturated carbocycles. The highest BCUT2D eigenvalue weighted by atomic mass is 16.5. The molecule has 2 N–H and O–H groups in total. The molecule has 1 heterocycles. The maximum absolute atomic E-state index is 10.9. The summed E-state index contributed by atoms with van der Waals surface area (Å²) in [7, 11) is 1.71. The van der Waals surface area contributed by atoms with E-state index >= 15 is 0 Å². The summed E-state index contributed by atoms with van der Waals surface area (Å²) in [5.41, 5.74) is 2.20. The second-order valence-corrected chi connectivity index (χ2v) is 4.61. The van der Waals surface area contributed by atoms with Gasteiger partial charge in [-0.1, -0.05) is 0 Å². The van der Waals surface area contributed by atoms with E-state index in [0.717, 1.165) is 30.7 Å². The maximum atomic E-state index is 10.9. The zero-order valence-electron chi connectivity index (χ0n) is 9.06. The molecule has 3 rings (SSSR count). The highest BCUT2D eigenvalue weighted by molar-refractivity contribution is 5.87. The third-order valence-corrected chi connectivity index (χ3v) is 3.86. The molecular formula is C11H14N2O3. The van der Waals surface area contributed by atoms with Crippen molar-refractivity contribution in [2.75, 3.05) is 13.7 Å². The number of methoxy groups -OCH3 is 1. The zero-order chi connectivity index (χ0) is 11.3. The second kappa shape index (κ2) is 3.31. The number of carboxylic acids is 1. The van der Waals surface area contributed by atoms with Crippen molar-refractivity contribution in [3.8, 4) is 0 Å². The van der Waals surface area contributed by atoms with Gasteiger partial charge in [-0.05, 0) is 24.7 Å². The lowest BCUT2D eigenvalue weighted by molar-refractivity contribution is 0.0689. The molecule has 86 valence electrons. The molecule has 5 nitrogen and oxygen atoms in total. The number of H-pyrrole nitrogens is 1. The average molecular weight is 222 g/mol. The highest BCUT2D eigenvalue weighted by Crippen LogP contribution is 2.62. The summed E-state index contributed by atoms with van der Waals surface area (Å²) in [6.45, 7) is 0.785. The van der Waals surface area contributed by atoms with Gasteiger partial charge in [-0.3, -0.25) is 5.10 Å². The lowest BCUT2D eigenvalue weighted by Gasteiger charge is -2.02. The van der Waals surface area contributed by atoms with Crippen molar-refractivity contribution in [3.05, 3.63) is 17.0 Å². The Morgan fingerprint density at radius 1 is 1.69 bits per heavy atom. The van der Waals surface area contributed by atoms with Crippen molar-refractivity contribution < 1.29 is 14.6 Å². The van der Waals surface area contributed by atoms with Gasteiger partial charge in [0.05, 0.1) is 0 Å². The predicted molar refractivity (Wildman–Crippen MR) is 55.5 cm³/mol. The summed E-state index contributed by atoms with van der Waals surface area (Å²) in [6.07, 6.45) is 1.93. The number of ether oxygens (including phenoxy) is 1. The van der Waals surface area contributed by atoms with E-state index < -0.39 is 5.97 Å². The molecule has 0 spiro atoms. The first kappa shape index (κ1) is 9.84. The molecular weight excluding hydrogens is 208 g/mol. The number of carboxylic acid groups (broad SMARTS) is 1. The van der Waals surface area contributed by atoms with Gasteiger partial charge in [0, 0.05) is 30.9 Å². The summed E-state index contributed by atoms with van der Waals surface area (Å²) < 4.78 is 5.07. The van der Waals surface area contributed by atoms with Crippen molar-refractivity contribution >= 4 is 5.97 Å². The molecule has 0 amide bonds. The molecule has 0 aromatic carbocycles. The van der Waals surface area contributed by atoms with Gasteiger partial charge in [-0.15, -0.1) is 0 Å². The van der Waals surface area contributed by atoms with Crippen LogP contribution in [0.4, 0.5) is 0 Å². The van der Waals surface area contributed by atoms with Crippen LogP contribution in [0.3, 0.4) is 0 Å². The van der Waals surface area contributed by atoms with E-state index in [2.05, 4.69) is 10.2 Å². The third kappa shape index (κ3) is 1.21. The number of aromatic amines is 1. The van der Waals surface area contributed by atoms with Gasteiger partial charge in [0.2, 0.25) is 0 Å². The van der Waals surface area contributed by atoms with Crippen LogP contribution in [0.2, 0.25) is 0 Å². The number of nitrogens with zero attached hydrogens (tertiary/aromatic N) is 1. The minimum atomic E-state index is -0.924. The van der Waals surface area contributed by atoms with Crippen LogP contribution >= 0.6 is 0 Å². The summed E-state index contributed by atoms with van der Waals surface area (Å²) in [5, 5.41) is 15.7. The molecule has 0 bridgehead atoms. The topological polar surface area (TPSA) is 75.2 Å². The van der Waals surface area contributed by atoms with E-state index in [1.54, 1.807) is 7.11 Å². The summed E-state index contributed by atoms with van der Waals surface area (Å²) in [5.74, 6) is 0.866. The minimum Gasteiger partial charge on any atom is -0.476 e. The van der Waals surface area contributed by atoms with Crippen LogP contribution < -0.4 is 0 Å². The highest BCUT2D eigenvalue weighted by Gasteiger charge is 2.57. The smallest absolute Gasteiger partial charge is 0.356 e. The van der Waals surface area contributed by atoms with Crippen LogP contribution in [-0.2, 0) is 11.2 Å². The van der Waals surface area contributed by atoms with E-state index in [9.17, 15) is 4.79 Å². The molecule has 0 unspecified atom stereocenters. The van der Waals surface area contributed by atoms with Crippen molar-refractivity contribution in [2.45, 2.75) is 18.8 Å². The molecule has 16 heavy (non-hydrogen) atoms. The number of carbonyl (C=O) groups is 1. The summed E-state index contributed by atoms with van der Waals surface area (Å²) in [4.78, 5) is 10.9. The van der Waals surface area contributed by atoms with Gasteiger partial charge >= 0.3 is 5.97 Å². The SMILES string of the molecule is COCC[C@H]1[C@@H]2Cc3c(C(=O)O)n[nH]c3[C@H]12. The molecule has 5 heteroatoms. The Morgan fingerprint density at radius 3 is 3.19 bits per heavy atom. The van der Waals surface area contributed by atoms with Crippen molar-refractivity contribution in [1.82, 2.24) is 10.2 Å². The quantitative estimate of drug-likeness (QED) is 0.797. The van der Waals surface area contributed by atoms with Gasteiger partial charge < -0.3 is 9.84 Å². The Labute approximate surface area is 92.8 Å². The van der Waals surface area contributed by atoms with Gasteiger partial charge in [0.15, 0.2) is 5.69 Å². The van der Waals surface area contributed by atoms with Crippen molar-refractivity contribution in [1.29, 1.82) is 0 Å². The fraction of sp³-hybridized carbons (Fsp3) is 0.636. The first-order valence-corrected chi connectivity index (χ1v) is 5.53. The molecule has 1 fully saturated rings. The van der Waals surface area contributed by atoms with E-state index in [1.165, 1.54) is 0 Å². The summed E-state index contributed by atoms with van der Waals surface area (Å²) in [6, 6.07) is 0. The number of hydrogen-bond donors (Lipinski definition) is 2. The lowest BCUT2D eigenvalue weighted by atomic mass is 10.0. The van der Waals surface area contributed by atoms with Crippen LogP contribution in [0.25, 0.3) is 0 Å². The van der Waals surface area contributed by atoms with Gasteiger partial charge in [0.1, 0.15) is 0 Å². The molecule has 2 aliphatic carbocycles. The van der Waals surface area contributed by atoms with E-state index in [1.807, 2.05) is 0 Å². The molecule has 0 saturated heterocycles. The van der Waals surface area contributed by atoms with Crippen LogP contribution in [-0.4, -0.2) is 35.0 Å². The molecule has 0 radical (unpaired) electrons. The van der Waals surface area contributed by atoms with Crippen LogP contribution in [0.5, 0.6) is 0 Å². The van der Waals surface area contributed by atoms with Crippen LogP contribution in [0.1, 0.15) is 34.1 Å². The zero-order valence-corrected chi connectivity index (χ0v) is 9.06. The second-order valence-electron chi connectivity index (χ2n) is 4.61. The van der Waals surface area contributed by atoms with Crippen LogP contribution in [0.15, 0.2) is 0 Å². The fourth-order valence-electron chi connectivity index (χ4n) is 3.07. The van der Waals surface area contributed by atoms with E-state index in [0.29, 0.717) is 17.8 Å². The monoisotopic (exact) mass is 222 g/mol. The first-order chi connectivity index (χ1) is 7.74.